The average molecular weight is 265 g/mol. The summed E-state index contributed by atoms with van der Waals surface area (Å²) < 4.78 is 26.8. The number of nitrogen functional groups attached to an aromatic ring is 1. The van der Waals surface area contributed by atoms with Crippen LogP contribution in [-0.2, 0) is 7.05 Å². The number of hydrogen-bond donors (Lipinski definition) is 1. The van der Waals surface area contributed by atoms with Crippen molar-refractivity contribution < 1.29 is 8.78 Å². The molecule has 2 rings (SSSR count). The predicted molar refractivity (Wildman–Crippen MR) is 62.9 cm³/mol. The molecule has 0 aliphatic heterocycles. The van der Waals surface area contributed by atoms with E-state index < -0.39 is 17.9 Å². The summed E-state index contributed by atoms with van der Waals surface area (Å²) in [5.41, 5.74) is 5.53. The van der Waals surface area contributed by atoms with Crippen LogP contribution in [0.15, 0.2) is 23.0 Å². The van der Waals surface area contributed by atoms with Gasteiger partial charge in [-0.15, -0.1) is 5.10 Å². The molecule has 19 heavy (non-hydrogen) atoms. The summed E-state index contributed by atoms with van der Waals surface area (Å²) in [5.74, 6) is -0.645. The Morgan fingerprint density at radius 1 is 1.47 bits per heavy atom. The fourth-order valence-corrected chi connectivity index (χ4v) is 1.62. The molecule has 0 atom stereocenters. The van der Waals surface area contributed by atoms with E-state index in [2.05, 4.69) is 5.10 Å². The maximum absolute atomic E-state index is 12.6. The number of anilines is 1. The summed E-state index contributed by atoms with van der Waals surface area (Å²) in [6.07, 6.45) is -2.86. The number of alkyl halides is 2. The van der Waals surface area contributed by atoms with Gasteiger partial charge >= 0.3 is 5.69 Å². The molecule has 0 saturated heterocycles. The van der Waals surface area contributed by atoms with E-state index in [-0.39, 0.29) is 11.4 Å². The molecule has 98 valence electrons. The topological polar surface area (TPSA) is 89.6 Å². The minimum Gasteiger partial charge on any atom is -0.397 e. The maximum atomic E-state index is 12.6. The lowest BCUT2D eigenvalue weighted by molar-refractivity contribution is 0.136. The van der Waals surface area contributed by atoms with Crippen molar-refractivity contribution in [1.82, 2.24) is 14.3 Å². The standard InChI is InChI=1S/C11H9F2N5O/c1-17-10(9(12)13)16-18(11(17)19)8-3-2-6(5-14)4-7(8)15/h2-4,9H,15H2,1H3. The van der Waals surface area contributed by atoms with Crippen LogP contribution in [0.1, 0.15) is 17.8 Å². The van der Waals surface area contributed by atoms with E-state index in [1.165, 1.54) is 25.2 Å². The van der Waals surface area contributed by atoms with E-state index in [0.717, 1.165) is 9.25 Å². The first kappa shape index (κ1) is 12.8. The second kappa shape index (κ2) is 4.53. The highest BCUT2D eigenvalue weighted by atomic mass is 19.3. The molecule has 0 amide bonds. The van der Waals surface area contributed by atoms with E-state index >= 15 is 0 Å². The third-order valence-electron chi connectivity index (χ3n) is 2.59. The lowest BCUT2D eigenvalue weighted by Crippen LogP contribution is -2.22. The van der Waals surface area contributed by atoms with E-state index in [9.17, 15) is 13.6 Å². The van der Waals surface area contributed by atoms with Gasteiger partial charge in [-0.05, 0) is 18.2 Å². The van der Waals surface area contributed by atoms with Crippen LogP contribution in [0.4, 0.5) is 14.5 Å². The van der Waals surface area contributed by atoms with E-state index in [1.807, 2.05) is 6.07 Å². The van der Waals surface area contributed by atoms with Gasteiger partial charge in [-0.1, -0.05) is 0 Å². The molecular formula is C11H9F2N5O. The van der Waals surface area contributed by atoms with Crippen molar-refractivity contribution in [2.75, 3.05) is 5.73 Å². The van der Waals surface area contributed by atoms with Gasteiger partial charge in [-0.2, -0.15) is 9.94 Å². The van der Waals surface area contributed by atoms with Crippen LogP contribution in [0, 0.1) is 11.3 Å². The van der Waals surface area contributed by atoms with Crippen LogP contribution in [-0.4, -0.2) is 14.3 Å². The molecule has 0 radical (unpaired) electrons. The molecule has 0 spiro atoms. The SMILES string of the molecule is Cn1c(C(F)F)nn(-c2ccc(C#N)cc2N)c1=O. The van der Waals surface area contributed by atoms with Crippen molar-refractivity contribution >= 4 is 5.69 Å². The Labute approximate surface area is 106 Å². The molecule has 1 heterocycles. The van der Waals surface area contributed by atoms with Crippen molar-refractivity contribution in [2.24, 2.45) is 7.05 Å². The Balaban J connectivity index is 2.64. The number of rotatable bonds is 2. The highest BCUT2D eigenvalue weighted by molar-refractivity contribution is 5.60. The lowest BCUT2D eigenvalue weighted by Gasteiger charge is -2.03. The summed E-state index contributed by atoms with van der Waals surface area (Å²) >= 11 is 0. The molecule has 0 aliphatic carbocycles. The van der Waals surface area contributed by atoms with Crippen LogP contribution >= 0.6 is 0 Å². The van der Waals surface area contributed by atoms with Gasteiger partial charge in [0.15, 0.2) is 0 Å². The summed E-state index contributed by atoms with van der Waals surface area (Å²) in [4.78, 5) is 11.8. The third-order valence-corrected chi connectivity index (χ3v) is 2.59. The molecule has 8 heteroatoms. The van der Waals surface area contributed by atoms with Gasteiger partial charge in [-0.3, -0.25) is 4.57 Å². The largest absolute Gasteiger partial charge is 0.397 e. The predicted octanol–water partition coefficient (Wildman–Crippen LogP) is 0.962. The molecule has 0 aliphatic rings. The molecule has 2 aromatic rings. The van der Waals surface area contributed by atoms with Crippen molar-refractivity contribution in [3.05, 3.63) is 40.1 Å². The summed E-state index contributed by atoms with van der Waals surface area (Å²) in [5, 5.41) is 12.3. The number of nitrogens with zero attached hydrogens (tertiary/aromatic N) is 4. The summed E-state index contributed by atoms with van der Waals surface area (Å²) in [6, 6.07) is 6.04. The summed E-state index contributed by atoms with van der Waals surface area (Å²) in [7, 11) is 1.20. The van der Waals surface area contributed by atoms with Crippen LogP contribution in [0.25, 0.3) is 5.69 Å². The Morgan fingerprint density at radius 3 is 2.63 bits per heavy atom. The van der Waals surface area contributed by atoms with Crippen molar-refractivity contribution in [2.45, 2.75) is 6.43 Å². The van der Waals surface area contributed by atoms with Gasteiger partial charge in [0.05, 0.1) is 23.0 Å². The Kier molecular flexibility index (Phi) is 3.04. The minimum atomic E-state index is -2.86. The van der Waals surface area contributed by atoms with E-state index in [0.29, 0.717) is 5.56 Å². The van der Waals surface area contributed by atoms with Gasteiger partial charge in [0.2, 0.25) is 5.82 Å². The highest BCUT2D eigenvalue weighted by Crippen LogP contribution is 2.19. The van der Waals surface area contributed by atoms with Crippen LogP contribution in [0.3, 0.4) is 0 Å². The Hall–Kier alpha value is -2.69. The molecule has 1 aromatic carbocycles. The normalized spacial score (nSPS) is 10.7. The molecule has 0 bridgehead atoms. The molecule has 2 N–H and O–H groups in total. The van der Waals surface area contributed by atoms with Gasteiger partial charge in [0.25, 0.3) is 6.43 Å². The minimum absolute atomic E-state index is 0.111. The Bertz CT molecular complexity index is 726. The number of benzene rings is 1. The molecule has 6 nitrogen and oxygen atoms in total. The van der Waals surface area contributed by atoms with Gasteiger partial charge in [-0.25, -0.2) is 13.6 Å². The number of hydrogen-bond acceptors (Lipinski definition) is 4. The average Bonchev–Trinajstić information content (AvgIpc) is 2.66. The first-order valence-electron chi connectivity index (χ1n) is 5.19. The number of nitrogens with two attached hydrogens (primary N) is 1. The zero-order valence-electron chi connectivity index (χ0n) is 9.84. The lowest BCUT2D eigenvalue weighted by atomic mass is 10.2. The summed E-state index contributed by atoms with van der Waals surface area (Å²) in [6.45, 7) is 0. The van der Waals surface area contributed by atoms with Crippen LogP contribution in [0.5, 0.6) is 0 Å². The zero-order valence-corrected chi connectivity index (χ0v) is 9.84. The first-order chi connectivity index (χ1) is 8.95. The van der Waals surface area contributed by atoms with Crippen molar-refractivity contribution in [1.29, 1.82) is 5.26 Å². The third kappa shape index (κ3) is 2.06. The van der Waals surface area contributed by atoms with Crippen LogP contribution in [0.2, 0.25) is 0 Å². The molecule has 0 fully saturated rings. The van der Waals surface area contributed by atoms with Crippen molar-refractivity contribution in [3.8, 4) is 11.8 Å². The van der Waals surface area contributed by atoms with Gasteiger partial charge < -0.3 is 5.73 Å². The smallest absolute Gasteiger partial charge is 0.350 e. The van der Waals surface area contributed by atoms with Crippen molar-refractivity contribution in [3.63, 3.8) is 0 Å². The van der Waals surface area contributed by atoms with Gasteiger partial charge in [0.1, 0.15) is 0 Å². The highest BCUT2D eigenvalue weighted by Gasteiger charge is 2.20. The first-order valence-corrected chi connectivity index (χ1v) is 5.19. The number of nitriles is 1. The second-order valence-electron chi connectivity index (χ2n) is 3.80. The zero-order chi connectivity index (χ0) is 14.2. The monoisotopic (exact) mass is 265 g/mol. The molecule has 0 unspecified atom stereocenters. The maximum Gasteiger partial charge on any atom is 0.350 e. The Morgan fingerprint density at radius 2 is 2.16 bits per heavy atom. The number of aromatic nitrogens is 3. The van der Waals surface area contributed by atoms with Crippen LogP contribution < -0.4 is 11.4 Å². The quantitative estimate of drug-likeness (QED) is 0.819. The second-order valence-corrected chi connectivity index (χ2v) is 3.80. The fourth-order valence-electron chi connectivity index (χ4n) is 1.62. The van der Waals surface area contributed by atoms with E-state index in [1.54, 1.807) is 0 Å². The molecule has 0 saturated carbocycles. The fraction of sp³-hybridized carbons (Fsp3) is 0.182. The molecule has 1 aromatic heterocycles. The number of halogens is 2. The van der Waals surface area contributed by atoms with Gasteiger partial charge in [0, 0.05) is 7.05 Å². The molecular weight excluding hydrogens is 256 g/mol. The van der Waals surface area contributed by atoms with E-state index in [4.69, 9.17) is 11.0 Å².